The Labute approximate surface area is 118 Å². The second kappa shape index (κ2) is 6.07. The van der Waals surface area contributed by atoms with Gasteiger partial charge in [0.2, 0.25) is 0 Å². The van der Waals surface area contributed by atoms with Gasteiger partial charge >= 0.3 is 0 Å². The molecule has 0 saturated carbocycles. The quantitative estimate of drug-likeness (QED) is 0.861. The first-order valence-corrected chi connectivity index (χ1v) is 7.64. The van der Waals surface area contributed by atoms with E-state index in [0.717, 1.165) is 5.56 Å². The zero-order valence-electron chi connectivity index (χ0n) is 11.1. The lowest BCUT2D eigenvalue weighted by atomic mass is 10.1. The van der Waals surface area contributed by atoms with E-state index >= 15 is 0 Å². The van der Waals surface area contributed by atoms with Crippen molar-refractivity contribution in [2.75, 3.05) is 0 Å². The normalized spacial score (nSPS) is 13.1. The van der Waals surface area contributed by atoms with Crippen molar-refractivity contribution < 1.29 is 17.7 Å². The minimum atomic E-state index is -3.74. The highest BCUT2D eigenvalue weighted by molar-refractivity contribution is 7.86. The monoisotopic (exact) mass is 292 g/mol. The van der Waals surface area contributed by atoms with Crippen molar-refractivity contribution in [3.63, 3.8) is 0 Å². The Morgan fingerprint density at radius 1 is 1.05 bits per heavy atom. The Balaban J connectivity index is 2.04. The zero-order chi connectivity index (χ0) is 14.6. The molecule has 0 radical (unpaired) electrons. The van der Waals surface area contributed by atoms with E-state index in [0.29, 0.717) is 6.42 Å². The number of hydrogen-bond donors (Lipinski definition) is 1. The SMILES string of the molecule is CC(Cc1ccc(O)cc1)OS(=O)(=O)c1ccccc1. The molecule has 20 heavy (non-hydrogen) atoms. The summed E-state index contributed by atoms with van der Waals surface area (Å²) in [5, 5.41) is 9.20. The summed E-state index contributed by atoms with van der Waals surface area (Å²) in [7, 11) is -3.74. The van der Waals surface area contributed by atoms with Crippen LogP contribution in [0.25, 0.3) is 0 Å². The maximum atomic E-state index is 12.0. The van der Waals surface area contributed by atoms with Gasteiger partial charge < -0.3 is 5.11 Å². The first-order chi connectivity index (χ1) is 9.47. The molecular formula is C15H16O4S. The molecule has 0 spiro atoms. The van der Waals surface area contributed by atoms with Crippen molar-refractivity contribution in [1.82, 2.24) is 0 Å². The van der Waals surface area contributed by atoms with Gasteiger partial charge in [0.25, 0.3) is 10.1 Å². The summed E-state index contributed by atoms with van der Waals surface area (Å²) in [6, 6.07) is 14.7. The van der Waals surface area contributed by atoms with Crippen molar-refractivity contribution in [3.05, 3.63) is 60.2 Å². The van der Waals surface area contributed by atoms with Crippen LogP contribution in [0.2, 0.25) is 0 Å². The molecule has 0 aromatic heterocycles. The van der Waals surface area contributed by atoms with E-state index in [9.17, 15) is 13.5 Å². The third-order valence-electron chi connectivity index (χ3n) is 2.78. The van der Waals surface area contributed by atoms with Crippen LogP contribution in [0.3, 0.4) is 0 Å². The average molecular weight is 292 g/mol. The van der Waals surface area contributed by atoms with E-state index < -0.39 is 16.2 Å². The van der Waals surface area contributed by atoms with Crippen molar-refractivity contribution in [2.45, 2.75) is 24.3 Å². The van der Waals surface area contributed by atoms with Crippen LogP contribution >= 0.6 is 0 Å². The topological polar surface area (TPSA) is 63.6 Å². The number of aromatic hydroxyl groups is 1. The standard InChI is InChI=1S/C15H16O4S/c1-12(11-13-7-9-14(16)10-8-13)19-20(17,18)15-5-3-2-4-6-15/h2-10,12,16H,11H2,1H3. The van der Waals surface area contributed by atoms with Crippen LogP contribution in [0.1, 0.15) is 12.5 Å². The van der Waals surface area contributed by atoms with E-state index in [2.05, 4.69) is 0 Å². The molecule has 0 aliphatic rings. The summed E-state index contributed by atoms with van der Waals surface area (Å²) in [5.74, 6) is 0.180. The molecule has 1 N–H and O–H groups in total. The molecule has 0 heterocycles. The minimum absolute atomic E-state index is 0.151. The number of phenols is 1. The predicted molar refractivity (Wildman–Crippen MR) is 76.0 cm³/mol. The molecule has 106 valence electrons. The summed E-state index contributed by atoms with van der Waals surface area (Å²) < 4.78 is 29.2. The fourth-order valence-electron chi connectivity index (χ4n) is 1.86. The summed E-state index contributed by atoms with van der Waals surface area (Å²) in [6.45, 7) is 1.70. The largest absolute Gasteiger partial charge is 0.508 e. The van der Waals surface area contributed by atoms with Gasteiger partial charge in [0.05, 0.1) is 11.0 Å². The average Bonchev–Trinajstić information content (AvgIpc) is 2.42. The van der Waals surface area contributed by atoms with Gasteiger partial charge in [-0.1, -0.05) is 30.3 Å². The predicted octanol–water partition coefficient (Wildman–Crippen LogP) is 2.73. The molecule has 4 nitrogen and oxygen atoms in total. The highest BCUT2D eigenvalue weighted by Gasteiger charge is 2.18. The minimum Gasteiger partial charge on any atom is -0.508 e. The molecular weight excluding hydrogens is 276 g/mol. The van der Waals surface area contributed by atoms with Gasteiger partial charge in [0.15, 0.2) is 0 Å². The highest BCUT2D eigenvalue weighted by atomic mass is 32.2. The third kappa shape index (κ3) is 3.82. The van der Waals surface area contributed by atoms with Crippen molar-refractivity contribution >= 4 is 10.1 Å². The zero-order valence-corrected chi connectivity index (χ0v) is 11.9. The fraction of sp³-hybridized carbons (Fsp3) is 0.200. The van der Waals surface area contributed by atoms with Crippen LogP contribution in [-0.4, -0.2) is 19.6 Å². The lowest BCUT2D eigenvalue weighted by Crippen LogP contribution is -2.17. The lowest BCUT2D eigenvalue weighted by molar-refractivity contribution is 0.229. The Bertz CT molecular complexity index is 648. The summed E-state index contributed by atoms with van der Waals surface area (Å²) in [5.41, 5.74) is 0.901. The van der Waals surface area contributed by atoms with E-state index in [1.165, 1.54) is 12.1 Å². The Kier molecular flexibility index (Phi) is 4.42. The van der Waals surface area contributed by atoms with Gasteiger partial charge in [-0.05, 0) is 43.2 Å². The van der Waals surface area contributed by atoms with E-state index in [4.69, 9.17) is 4.18 Å². The fourth-order valence-corrected chi connectivity index (χ4v) is 2.96. The number of hydrogen-bond acceptors (Lipinski definition) is 4. The summed E-state index contributed by atoms with van der Waals surface area (Å²) in [6.07, 6.45) is -0.0310. The van der Waals surface area contributed by atoms with Crippen molar-refractivity contribution in [1.29, 1.82) is 0 Å². The molecule has 0 bridgehead atoms. The molecule has 5 heteroatoms. The molecule has 0 aliphatic heterocycles. The number of phenolic OH excluding ortho intramolecular Hbond substituents is 1. The first-order valence-electron chi connectivity index (χ1n) is 6.23. The van der Waals surface area contributed by atoms with Crippen LogP contribution < -0.4 is 0 Å². The van der Waals surface area contributed by atoms with Crippen LogP contribution in [0.15, 0.2) is 59.5 Å². The Morgan fingerprint density at radius 3 is 2.25 bits per heavy atom. The Morgan fingerprint density at radius 2 is 1.65 bits per heavy atom. The van der Waals surface area contributed by atoms with Crippen LogP contribution in [0.5, 0.6) is 5.75 Å². The highest BCUT2D eigenvalue weighted by Crippen LogP contribution is 2.17. The van der Waals surface area contributed by atoms with Crippen LogP contribution in [0.4, 0.5) is 0 Å². The molecule has 0 amide bonds. The van der Waals surface area contributed by atoms with Crippen LogP contribution in [0, 0.1) is 0 Å². The van der Waals surface area contributed by atoms with Gasteiger partial charge in [0, 0.05) is 0 Å². The number of benzene rings is 2. The van der Waals surface area contributed by atoms with Gasteiger partial charge in [0.1, 0.15) is 5.75 Å². The first kappa shape index (κ1) is 14.6. The van der Waals surface area contributed by atoms with E-state index in [-0.39, 0.29) is 10.6 Å². The van der Waals surface area contributed by atoms with E-state index in [1.807, 2.05) is 0 Å². The van der Waals surface area contributed by atoms with Crippen molar-refractivity contribution in [3.8, 4) is 5.75 Å². The molecule has 1 atom stereocenters. The maximum absolute atomic E-state index is 12.0. The second-order valence-corrected chi connectivity index (χ2v) is 6.12. The van der Waals surface area contributed by atoms with Crippen molar-refractivity contribution in [2.24, 2.45) is 0 Å². The molecule has 2 aromatic rings. The summed E-state index contributed by atoms with van der Waals surface area (Å²) >= 11 is 0. The lowest BCUT2D eigenvalue weighted by Gasteiger charge is -2.13. The summed E-state index contributed by atoms with van der Waals surface area (Å²) in [4.78, 5) is 0.151. The molecule has 0 fully saturated rings. The van der Waals surface area contributed by atoms with Gasteiger partial charge in [-0.25, -0.2) is 0 Å². The third-order valence-corrected chi connectivity index (χ3v) is 4.21. The molecule has 2 rings (SSSR count). The Hall–Kier alpha value is -1.85. The second-order valence-electron chi connectivity index (χ2n) is 4.54. The smallest absolute Gasteiger partial charge is 0.297 e. The van der Waals surface area contributed by atoms with Gasteiger partial charge in [-0.3, -0.25) is 4.18 Å². The van der Waals surface area contributed by atoms with E-state index in [1.54, 1.807) is 49.4 Å². The molecule has 0 aliphatic carbocycles. The molecule has 0 saturated heterocycles. The van der Waals surface area contributed by atoms with Gasteiger partial charge in [-0.15, -0.1) is 0 Å². The molecule has 1 unspecified atom stereocenters. The van der Waals surface area contributed by atoms with Crippen LogP contribution in [-0.2, 0) is 20.7 Å². The number of rotatable bonds is 5. The molecule has 2 aromatic carbocycles. The van der Waals surface area contributed by atoms with Gasteiger partial charge in [-0.2, -0.15) is 8.42 Å². The maximum Gasteiger partial charge on any atom is 0.297 e.